The van der Waals surface area contributed by atoms with Crippen LogP contribution in [0.15, 0.2) is 24.3 Å². The second kappa shape index (κ2) is 8.58. The largest absolute Gasteiger partial charge is 0.444 e. The van der Waals surface area contributed by atoms with E-state index in [2.05, 4.69) is 12.2 Å². The van der Waals surface area contributed by atoms with Crippen molar-refractivity contribution in [3.8, 4) is 6.07 Å². The Morgan fingerprint density at radius 1 is 1.26 bits per heavy atom. The molecule has 31 heavy (non-hydrogen) atoms. The number of hydrogen-bond acceptors (Lipinski definition) is 5. The molecule has 166 valence electrons. The lowest BCUT2D eigenvalue weighted by Crippen LogP contribution is -2.57. The first-order valence-corrected chi connectivity index (χ1v) is 10.6. The van der Waals surface area contributed by atoms with E-state index in [9.17, 15) is 14.4 Å². The number of primary amides is 1. The van der Waals surface area contributed by atoms with Gasteiger partial charge in [0, 0.05) is 12.5 Å². The van der Waals surface area contributed by atoms with Gasteiger partial charge in [0.05, 0.1) is 11.6 Å². The number of nitrogens with one attached hydrogen (secondary N) is 1. The minimum absolute atomic E-state index is 0.0148. The second-order valence-electron chi connectivity index (χ2n) is 9.48. The van der Waals surface area contributed by atoms with Crippen LogP contribution in [0.2, 0.25) is 0 Å². The molecule has 1 heterocycles. The third-order valence-corrected chi connectivity index (χ3v) is 6.20. The summed E-state index contributed by atoms with van der Waals surface area (Å²) in [4.78, 5) is 39.8. The van der Waals surface area contributed by atoms with Gasteiger partial charge in [-0.2, -0.15) is 5.26 Å². The van der Waals surface area contributed by atoms with Crippen molar-refractivity contribution in [2.75, 3.05) is 0 Å². The molecule has 0 radical (unpaired) electrons. The fourth-order valence-electron chi connectivity index (χ4n) is 4.74. The zero-order valence-corrected chi connectivity index (χ0v) is 18.4. The van der Waals surface area contributed by atoms with E-state index in [1.54, 1.807) is 49.9 Å². The van der Waals surface area contributed by atoms with E-state index in [-0.39, 0.29) is 30.2 Å². The molecular weight excluding hydrogens is 396 g/mol. The van der Waals surface area contributed by atoms with E-state index >= 15 is 0 Å². The molecule has 1 aromatic rings. The Hall–Kier alpha value is -3.08. The van der Waals surface area contributed by atoms with Gasteiger partial charge in [-0.3, -0.25) is 14.5 Å². The van der Waals surface area contributed by atoms with Gasteiger partial charge >= 0.3 is 6.09 Å². The Bertz CT molecular complexity index is 900. The van der Waals surface area contributed by atoms with Crippen LogP contribution in [0.3, 0.4) is 0 Å². The summed E-state index contributed by atoms with van der Waals surface area (Å²) in [5.74, 6) is -0.852. The molecular formula is C23H30N4O4. The number of hydrogen-bond donors (Lipinski definition) is 2. The van der Waals surface area contributed by atoms with Crippen LogP contribution in [-0.4, -0.2) is 46.5 Å². The second-order valence-corrected chi connectivity index (χ2v) is 9.48. The van der Waals surface area contributed by atoms with Gasteiger partial charge in [-0.25, -0.2) is 4.79 Å². The normalized spacial score (nSPS) is 25.6. The number of piperidine rings is 1. The predicted octanol–water partition coefficient (Wildman–Crippen LogP) is 2.10. The van der Waals surface area contributed by atoms with Gasteiger partial charge in [-0.1, -0.05) is 19.1 Å². The number of nitrogens with zero attached hydrogens (tertiary/aromatic N) is 2. The van der Waals surface area contributed by atoms with Crippen molar-refractivity contribution in [1.29, 1.82) is 5.26 Å². The lowest BCUT2D eigenvalue weighted by molar-refractivity contribution is -0.132. The Balaban J connectivity index is 1.77. The summed E-state index contributed by atoms with van der Waals surface area (Å²) in [7, 11) is 0. The van der Waals surface area contributed by atoms with Gasteiger partial charge in [0.15, 0.2) is 0 Å². The van der Waals surface area contributed by atoms with E-state index in [0.717, 1.165) is 18.4 Å². The highest BCUT2D eigenvalue weighted by molar-refractivity contribution is 5.92. The van der Waals surface area contributed by atoms with Crippen molar-refractivity contribution in [2.45, 2.75) is 70.7 Å². The average Bonchev–Trinajstić information content (AvgIpc) is 3.19. The summed E-state index contributed by atoms with van der Waals surface area (Å²) in [6.45, 7) is 7.42. The fraction of sp³-hybridized carbons (Fsp3) is 0.565. The maximum absolute atomic E-state index is 13.3. The first-order valence-electron chi connectivity index (χ1n) is 10.6. The molecule has 1 aliphatic carbocycles. The average molecular weight is 427 g/mol. The van der Waals surface area contributed by atoms with Crippen molar-refractivity contribution < 1.29 is 19.1 Å². The Morgan fingerprint density at radius 2 is 1.90 bits per heavy atom. The third kappa shape index (κ3) is 4.82. The highest BCUT2D eigenvalue weighted by Crippen LogP contribution is 2.47. The number of carbonyl (C=O) groups excluding carboxylic acids is 3. The summed E-state index contributed by atoms with van der Waals surface area (Å²) in [5.41, 5.74) is 6.16. The number of benzene rings is 1. The maximum Gasteiger partial charge on any atom is 0.411 e. The Labute approximate surface area is 182 Å². The molecule has 8 nitrogen and oxygen atoms in total. The zero-order chi connectivity index (χ0) is 22.9. The molecule has 1 saturated heterocycles. The molecule has 2 bridgehead atoms. The van der Waals surface area contributed by atoms with Gasteiger partial charge < -0.3 is 15.8 Å². The first-order chi connectivity index (χ1) is 14.5. The van der Waals surface area contributed by atoms with Crippen LogP contribution < -0.4 is 11.1 Å². The minimum atomic E-state index is -0.921. The molecule has 1 aromatic carbocycles. The Kier molecular flexibility index (Phi) is 6.25. The molecule has 2 aliphatic rings. The van der Waals surface area contributed by atoms with Crippen LogP contribution in [0.1, 0.15) is 51.7 Å². The van der Waals surface area contributed by atoms with Crippen molar-refractivity contribution in [3.63, 3.8) is 0 Å². The predicted molar refractivity (Wildman–Crippen MR) is 114 cm³/mol. The van der Waals surface area contributed by atoms with Crippen LogP contribution >= 0.6 is 0 Å². The lowest BCUT2D eigenvalue weighted by Gasteiger charge is -2.36. The maximum atomic E-state index is 13.3. The van der Waals surface area contributed by atoms with E-state index in [1.807, 2.05) is 6.07 Å². The van der Waals surface area contributed by atoms with Crippen LogP contribution in [-0.2, 0) is 20.7 Å². The van der Waals surface area contributed by atoms with Crippen molar-refractivity contribution in [1.82, 2.24) is 10.2 Å². The van der Waals surface area contributed by atoms with E-state index in [4.69, 9.17) is 15.7 Å². The van der Waals surface area contributed by atoms with Gasteiger partial charge in [0.1, 0.15) is 17.7 Å². The topological polar surface area (TPSA) is 126 Å². The molecule has 3 N–H and O–H groups in total. The summed E-state index contributed by atoms with van der Waals surface area (Å²) in [6, 6.07) is 7.13. The van der Waals surface area contributed by atoms with Gasteiger partial charge in [-0.05, 0) is 63.1 Å². The van der Waals surface area contributed by atoms with Gasteiger partial charge in [-0.15, -0.1) is 0 Å². The zero-order valence-electron chi connectivity index (χ0n) is 18.4. The Morgan fingerprint density at radius 3 is 2.45 bits per heavy atom. The van der Waals surface area contributed by atoms with Crippen LogP contribution in [0, 0.1) is 23.2 Å². The van der Waals surface area contributed by atoms with Gasteiger partial charge in [0.2, 0.25) is 11.8 Å². The summed E-state index contributed by atoms with van der Waals surface area (Å²) in [6.07, 6.45) is 1.38. The highest BCUT2D eigenvalue weighted by atomic mass is 16.6. The van der Waals surface area contributed by atoms with E-state index < -0.39 is 29.7 Å². The van der Waals surface area contributed by atoms with Crippen molar-refractivity contribution in [3.05, 3.63) is 35.4 Å². The first kappa shape index (κ1) is 22.6. The monoisotopic (exact) mass is 426 g/mol. The molecule has 5 atom stereocenters. The fourth-order valence-corrected chi connectivity index (χ4v) is 4.74. The molecule has 1 saturated carbocycles. The van der Waals surface area contributed by atoms with Crippen LogP contribution in [0.5, 0.6) is 0 Å². The molecule has 2 fully saturated rings. The van der Waals surface area contributed by atoms with Crippen LogP contribution in [0.25, 0.3) is 0 Å². The lowest BCUT2D eigenvalue weighted by atomic mass is 9.92. The molecule has 8 heteroatoms. The summed E-state index contributed by atoms with van der Waals surface area (Å²) < 4.78 is 5.56. The SMILES string of the molecule is CC1C2CCC1N(C(=O)OC(C)(C)C)C2C(=O)NC(Cc1ccc(C#N)cc1)C(N)=O. The van der Waals surface area contributed by atoms with E-state index in [0.29, 0.717) is 5.56 Å². The third-order valence-electron chi connectivity index (χ3n) is 6.20. The number of carbonyl (C=O) groups is 3. The molecule has 1 aliphatic heterocycles. The number of likely N-dealkylation sites (tertiary alicyclic amines) is 1. The number of nitriles is 1. The minimum Gasteiger partial charge on any atom is -0.444 e. The number of rotatable bonds is 5. The highest BCUT2D eigenvalue weighted by Gasteiger charge is 2.56. The van der Waals surface area contributed by atoms with Gasteiger partial charge in [0.25, 0.3) is 0 Å². The number of fused-ring (bicyclic) bond motifs is 2. The smallest absolute Gasteiger partial charge is 0.411 e. The molecule has 0 spiro atoms. The summed E-state index contributed by atoms with van der Waals surface area (Å²) >= 11 is 0. The number of nitrogens with two attached hydrogens (primary N) is 1. The molecule has 5 unspecified atom stereocenters. The van der Waals surface area contributed by atoms with E-state index in [1.165, 1.54) is 0 Å². The number of amides is 3. The standard InChI is InChI=1S/C23H30N4O4/c1-13-16-9-10-18(13)27(22(30)31-23(2,3)4)19(16)21(29)26-17(20(25)28)11-14-5-7-15(12-24)8-6-14/h5-8,13,16-19H,9-11H2,1-4H3,(H2,25,28)(H,26,29). The quantitative estimate of drug-likeness (QED) is 0.746. The molecule has 3 rings (SSSR count). The van der Waals surface area contributed by atoms with Crippen molar-refractivity contribution in [2.24, 2.45) is 17.6 Å². The van der Waals surface area contributed by atoms with Crippen LogP contribution in [0.4, 0.5) is 4.79 Å². The van der Waals surface area contributed by atoms with Crippen molar-refractivity contribution >= 4 is 17.9 Å². The molecule has 0 aromatic heterocycles. The summed E-state index contributed by atoms with van der Waals surface area (Å²) in [5, 5.41) is 11.7. The number of ether oxygens (including phenoxy) is 1. The molecule has 3 amide bonds.